The molecule has 3 aromatic rings. The van der Waals surface area contributed by atoms with E-state index in [-0.39, 0.29) is 24.7 Å². The summed E-state index contributed by atoms with van der Waals surface area (Å²) in [5, 5.41) is 21.1. The summed E-state index contributed by atoms with van der Waals surface area (Å²) in [6.07, 6.45) is -0.865. The second-order valence-electron chi connectivity index (χ2n) is 6.61. The molecule has 2 heterocycles. The van der Waals surface area contributed by atoms with Gasteiger partial charge in [0, 0.05) is 11.9 Å². The molecule has 0 radical (unpaired) electrons. The van der Waals surface area contributed by atoms with Crippen LogP contribution in [0.3, 0.4) is 0 Å². The molecule has 9 heteroatoms. The van der Waals surface area contributed by atoms with Gasteiger partial charge in [0.25, 0.3) is 11.8 Å². The van der Waals surface area contributed by atoms with E-state index in [9.17, 15) is 14.7 Å². The maximum atomic E-state index is 12.3. The first kappa shape index (κ1) is 19.4. The quantitative estimate of drug-likeness (QED) is 0.630. The smallest absolute Gasteiger partial charge is 0.283 e. The minimum atomic E-state index is -0.865. The molecule has 0 bridgehead atoms. The third-order valence-electron chi connectivity index (χ3n) is 4.71. The number of ether oxygens (including phenoxy) is 2. The van der Waals surface area contributed by atoms with Gasteiger partial charge in [0.1, 0.15) is 13.2 Å². The standard InChI is InChI=1S/C21H20N4O5/c1-2-25-14-8-4-3-7-13(14)19(21(25)28)24-23-18(26)11-22-20(27)17-12-29-15-9-5-6-10-16(15)30-17/h3-10,17,28H,2,11-12H2,1H3,(H,22,27)/t17-/m1/s1. The van der Waals surface area contributed by atoms with Gasteiger partial charge in [0.05, 0.1) is 5.52 Å². The number of hydrogen-bond acceptors (Lipinski definition) is 6. The molecule has 1 aliphatic rings. The van der Waals surface area contributed by atoms with Gasteiger partial charge in [0.2, 0.25) is 12.0 Å². The Morgan fingerprint density at radius 1 is 1.17 bits per heavy atom. The first-order valence-electron chi connectivity index (χ1n) is 9.49. The highest BCUT2D eigenvalue weighted by Gasteiger charge is 2.27. The van der Waals surface area contributed by atoms with Crippen LogP contribution in [0.2, 0.25) is 0 Å². The van der Waals surface area contributed by atoms with Crippen LogP contribution in [0.15, 0.2) is 58.8 Å². The summed E-state index contributed by atoms with van der Waals surface area (Å²) in [6, 6.07) is 14.3. The molecule has 0 spiro atoms. The normalized spacial score (nSPS) is 15.4. The van der Waals surface area contributed by atoms with E-state index in [0.717, 1.165) is 5.52 Å². The lowest BCUT2D eigenvalue weighted by atomic mass is 10.2. The maximum absolute atomic E-state index is 12.3. The molecule has 2 N–H and O–H groups in total. The minimum absolute atomic E-state index is 0.0446. The van der Waals surface area contributed by atoms with Crippen molar-refractivity contribution in [2.75, 3.05) is 13.2 Å². The van der Waals surface area contributed by atoms with E-state index in [1.807, 2.05) is 31.2 Å². The third kappa shape index (κ3) is 3.69. The molecule has 0 saturated heterocycles. The van der Waals surface area contributed by atoms with Crippen molar-refractivity contribution in [2.24, 2.45) is 10.2 Å². The van der Waals surface area contributed by atoms with Gasteiger partial charge in [-0.2, -0.15) is 0 Å². The van der Waals surface area contributed by atoms with E-state index >= 15 is 0 Å². The van der Waals surface area contributed by atoms with Crippen molar-refractivity contribution >= 4 is 28.4 Å². The van der Waals surface area contributed by atoms with Gasteiger partial charge in [-0.15, -0.1) is 10.2 Å². The van der Waals surface area contributed by atoms with Gasteiger partial charge < -0.3 is 24.5 Å². The number of aryl methyl sites for hydroxylation is 1. The first-order valence-corrected chi connectivity index (χ1v) is 9.49. The van der Waals surface area contributed by atoms with Crippen LogP contribution in [0.4, 0.5) is 5.69 Å². The van der Waals surface area contributed by atoms with E-state index in [0.29, 0.717) is 23.4 Å². The summed E-state index contributed by atoms with van der Waals surface area (Å²) in [7, 11) is 0. The fourth-order valence-electron chi connectivity index (χ4n) is 3.26. The molecule has 0 unspecified atom stereocenters. The Morgan fingerprint density at radius 3 is 2.70 bits per heavy atom. The van der Waals surface area contributed by atoms with Gasteiger partial charge in [-0.1, -0.05) is 30.3 Å². The number of aromatic nitrogens is 1. The Morgan fingerprint density at radius 2 is 1.90 bits per heavy atom. The largest absolute Gasteiger partial charge is 0.493 e. The third-order valence-corrected chi connectivity index (χ3v) is 4.71. The van der Waals surface area contributed by atoms with Crippen LogP contribution in [0, 0.1) is 0 Å². The number of carbonyl (C=O) groups is 2. The summed E-state index contributed by atoms with van der Waals surface area (Å²) >= 11 is 0. The molecule has 4 rings (SSSR count). The van der Waals surface area contributed by atoms with E-state index in [1.54, 1.807) is 28.8 Å². The summed E-state index contributed by atoms with van der Waals surface area (Å²) in [5.74, 6) is -0.174. The zero-order chi connectivity index (χ0) is 21.1. The number of aromatic hydroxyl groups is 1. The Balaban J connectivity index is 1.39. The van der Waals surface area contributed by atoms with E-state index in [4.69, 9.17) is 9.47 Å². The Bertz CT molecular complexity index is 1140. The molecule has 30 heavy (non-hydrogen) atoms. The summed E-state index contributed by atoms with van der Waals surface area (Å²) in [5.41, 5.74) is 1.01. The number of benzene rings is 2. The van der Waals surface area contributed by atoms with Crippen LogP contribution >= 0.6 is 0 Å². The van der Waals surface area contributed by atoms with Crippen LogP contribution < -0.4 is 14.8 Å². The van der Waals surface area contributed by atoms with Crippen molar-refractivity contribution in [3.63, 3.8) is 0 Å². The van der Waals surface area contributed by atoms with Gasteiger partial charge in [-0.25, -0.2) is 0 Å². The van der Waals surface area contributed by atoms with Crippen molar-refractivity contribution in [3.8, 4) is 17.4 Å². The van der Waals surface area contributed by atoms with Gasteiger partial charge >= 0.3 is 0 Å². The molecule has 0 aliphatic carbocycles. The number of azo groups is 1. The second-order valence-corrected chi connectivity index (χ2v) is 6.61. The van der Waals surface area contributed by atoms with Crippen molar-refractivity contribution in [2.45, 2.75) is 19.6 Å². The number of rotatable bonds is 5. The van der Waals surface area contributed by atoms with Crippen molar-refractivity contribution < 1.29 is 24.2 Å². The highest BCUT2D eigenvalue weighted by Crippen LogP contribution is 2.38. The Labute approximate surface area is 171 Å². The number of hydrogen-bond donors (Lipinski definition) is 2. The highest BCUT2D eigenvalue weighted by molar-refractivity contribution is 5.95. The lowest BCUT2D eigenvalue weighted by Gasteiger charge is -2.25. The molecule has 1 aromatic heterocycles. The fourth-order valence-corrected chi connectivity index (χ4v) is 3.26. The van der Waals surface area contributed by atoms with Gasteiger partial charge in [-0.3, -0.25) is 9.59 Å². The van der Waals surface area contributed by atoms with E-state index in [2.05, 4.69) is 15.5 Å². The topological polar surface area (TPSA) is 115 Å². The van der Waals surface area contributed by atoms with Crippen LogP contribution in [-0.4, -0.2) is 40.7 Å². The van der Waals surface area contributed by atoms with Crippen molar-refractivity contribution in [1.29, 1.82) is 0 Å². The molecule has 1 aliphatic heterocycles. The highest BCUT2D eigenvalue weighted by atomic mass is 16.6. The Hall–Kier alpha value is -3.88. The van der Waals surface area contributed by atoms with E-state index in [1.165, 1.54) is 0 Å². The van der Waals surface area contributed by atoms with Crippen molar-refractivity contribution in [1.82, 2.24) is 9.88 Å². The summed E-state index contributed by atoms with van der Waals surface area (Å²) in [4.78, 5) is 24.4. The van der Waals surface area contributed by atoms with Crippen LogP contribution in [0.5, 0.6) is 17.4 Å². The van der Waals surface area contributed by atoms with Crippen molar-refractivity contribution in [3.05, 3.63) is 48.5 Å². The molecule has 2 amide bonds. The SMILES string of the molecule is CCn1c(O)c(N=NC(=O)CNC(=O)[C@H]2COc3ccccc3O2)c2ccccc21. The summed E-state index contributed by atoms with van der Waals surface area (Å²) in [6.45, 7) is 2.13. The van der Waals surface area contributed by atoms with Crippen LogP contribution in [0.1, 0.15) is 6.92 Å². The average Bonchev–Trinajstić information content (AvgIpc) is 3.06. The molecular formula is C21H20N4O5. The number of fused-ring (bicyclic) bond motifs is 2. The monoisotopic (exact) mass is 408 g/mol. The minimum Gasteiger partial charge on any atom is -0.493 e. The fraction of sp³-hybridized carbons (Fsp3) is 0.238. The predicted octanol–water partition coefficient (Wildman–Crippen LogP) is 2.93. The molecule has 2 aromatic carbocycles. The van der Waals surface area contributed by atoms with Gasteiger partial charge in [-0.05, 0) is 25.1 Å². The number of amides is 2. The number of para-hydroxylation sites is 3. The Kier molecular flexibility index (Phi) is 5.34. The summed E-state index contributed by atoms with van der Waals surface area (Å²) < 4.78 is 12.8. The first-order chi connectivity index (χ1) is 14.6. The van der Waals surface area contributed by atoms with Gasteiger partial charge in [0.15, 0.2) is 17.2 Å². The number of nitrogens with one attached hydrogen (secondary N) is 1. The molecule has 0 saturated carbocycles. The predicted molar refractivity (Wildman–Crippen MR) is 108 cm³/mol. The number of carbonyl (C=O) groups excluding carboxylic acids is 2. The van der Waals surface area contributed by atoms with Crippen LogP contribution in [0.25, 0.3) is 10.9 Å². The molecule has 9 nitrogen and oxygen atoms in total. The lowest BCUT2D eigenvalue weighted by molar-refractivity contribution is -0.132. The molecule has 1 atom stereocenters. The van der Waals surface area contributed by atoms with E-state index < -0.39 is 17.9 Å². The lowest BCUT2D eigenvalue weighted by Crippen LogP contribution is -2.45. The maximum Gasteiger partial charge on any atom is 0.283 e. The average molecular weight is 408 g/mol. The zero-order valence-corrected chi connectivity index (χ0v) is 16.2. The zero-order valence-electron chi connectivity index (χ0n) is 16.2. The molecular weight excluding hydrogens is 388 g/mol. The molecule has 0 fully saturated rings. The second kappa shape index (κ2) is 8.24. The number of nitrogens with zero attached hydrogens (tertiary/aromatic N) is 3. The molecule has 154 valence electrons. The van der Waals surface area contributed by atoms with Crippen LogP contribution in [-0.2, 0) is 16.1 Å².